The third-order valence-electron chi connectivity index (χ3n) is 6.48. The molecule has 0 radical (unpaired) electrons. The normalized spacial score (nSPS) is 18.6. The fourth-order valence-corrected chi connectivity index (χ4v) is 4.57. The number of urea groups is 1. The van der Waals surface area contributed by atoms with E-state index in [1.54, 1.807) is 13.1 Å². The van der Waals surface area contributed by atoms with Crippen molar-refractivity contribution < 1.29 is 23.8 Å². The predicted octanol–water partition coefficient (Wildman–Crippen LogP) is 3.14. The SMILES string of the molecule is CNC(=O)N1N=C(c2ccc(N3CCC(O)CC3)cc2)c2cc(OC)c(OC)c(F)c2C[C@@H]1C. The second-order valence-corrected chi connectivity index (χ2v) is 8.62. The number of hydrogen-bond acceptors (Lipinski definition) is 6. The zero-order valence-electron chi connectivity index (χ0n) is 20.0. The molecule has 0 unspecified atom stereocenters. The highest BCUT2D eigenvalue weighted by molar-refractivity contribution is 6.14. The number of ether oxygens (including phenoxy) is 2. The molecule has 1 atom stereocenters. The second-order valence-electron chi connectivity index (χ2n) is 8.62. The molecular weight excluding hydrogens is 439 g/mol. The van der Waals surface area contributed by atoms with Gasteiger partial charge in [-0.05, 0) is 44.4 Å². The molecule has 182 valence electrons. The quantitative estimate of drug-likeness (QED) is 0.717. The van der Waals surface area contributed by atoms with Gasteiger partial charge in [-0.25, -0.2) is 14.2 Å². The van der Waals surface area contributed by atoms with Crippen molar-refractivity contribution in [1.29, 1.82) is 0 Å². The van der Waals surface area contributed by atoms with Gasteiger partial charge in [0.05, 0.1) is 32.1 Å². The summed E-state index contributed by atoms with van der Waals surface area (Å²) in [6.07, 6.45) is 1.49. The zero-order chi connectivity index (χ0) is 24.4. The number of aliphatic hydroxyl groups excluding tert-OH is 1. The van der Waals surface area contributed by atoms with Gasteiger partial charge in [0.25, 0.3) is 0 Å². The van der Waals surface area contributed by atoms with E-state index in [1.807, 2.05) is 31.2 Å². The number of amides is 2. The molecule has 0 aliphatic carbocycles. The summed E-state index contributed by atoms with van der Waals surface area (Å²) in [5, 5.41) is 18.5. The molecule has 0 aromatic heterocycles. The highest BCUT2D eigenvalue weighted by Gasteiger charge is 2.31. The Labute approximate surface area is 199 Å². The molecule has 1 saturated heterocycles. The van der Waals surface area contributed by atoms with Crippen molar-refractivity contribution in [2.75, 3.05) is 39.3 Å². The van der Waals surface area contributed by atoms with Crippen LogP contribution < -0.4 is 19.7 Å². The minimum atomic E-state index is -0.515. The monoisotopic (exact) mass is 470 g/mol. The third kappa shape index (κ3) is 4.40. The van der Waals surface area contributed by atoms with E-state index in [-0.39, 0.29) is 36.1 Å². The second kappa shape index (κ2) is 9.89. The summed E-state index contributed by atoms with van der Waals surface area (Å²) in [6, 6.07) is 8.79. The number of halogens is 1. The molecule has 2 N–H and O–H groups in total. The summed E-state index contributed by atoms with van der Waals surface area (Å²) in [6.45, 7) is 3.40. The number of nitrogens with zero attached hydrogens (tertiary/aromatic N) is 3. The summed E-state index contributed by atoms with van der Waals surface area (Å²) in [5.74, 6) is -0.224. The number of piperidine rings is 1. The maximum atomic E-state index is 15.6. The first-order valence-corrected chi connectivity index (χ1v) is 11.4. The molecule has 2 aromatic rings. The number of carbonyl (C=O) groups is 1. The number of hydrazone groups is 1. The molecule has 9 heteroatoms. The molecule has 2 amide bonds. The van der Waals surface area contributed by atoms with Gasteiger partial charge in [0.1, 0.15) is 0 Å². The zero-order valence-corrected chi connectivity index (χ0v) is 20.0. The lowest BCUT2D eigenvalue weighted by Crippen LogP contribution is -2.41. The van der Waals surface area contributed by atoms with Gasteiger partial charge >= 0.3 is 6.03 Å². The molecule has 2 aliphatic rings. The molecule has 1 fully saturated rings. The van der Waals surface area contributed by atoms with Gasteiger partial charge in [0, 0.05) is 42.5 Å². The first kappa shape index (κ1) is 23.8. The van der Waals surface area contributed by atoms with Crippen molar-refractivity contribution in [2.45, 2.75) is 38.3 Å². The van der Waals surface area contributed by atoms with E-state index in [1.165, 1.54) is 19.2 Å². The van der Waals surface area contributed by atoms with Crippen LogP contribution in [0.1, 0.15) is 36.5 Å². The summed E-state index contributed by atoms with van der Waals surface area (Å²) in [7, 11) is 4.40. The molecule has 0 bridgehead atoms. The Kier molecular flexibility index (Phi) is 6.92. The van der Waals surface area contributed by atoms with E-state index in [9.17, 15) is 9.90 Å². The van der Waals surface area contributed by atoms with Crippen molar-refractivity contribution in [3.05, 3.63) is 52.8 Å². The van der Waals surface area contributed by atoms with Crippen LogP contribution in [0.4, 0.5) is 14.9 Å². The number of methoxy groups -OCH3 is 2. The minimum Gasteiger partial charge on any atom is -0.493 e. The summed E-state index contributed by atoms with van der Waals surface area (Å²) in [4.78, 5) is 14.8. The number of benzene rings is 2. The highest BCUT2D eigenvalue weighted by atomic mass is 19.1. The largest absolute Gasteiger partial charge is 0.493 e. The van der Waals surface area contributed by atoms with Crippen LogP contribution in [0.25, 0.3) is 0 Å². The van der Waals surface area contributed by atoms with Crippen molar-refractivity contribution in [3.8, 4) is 11.5 Å². The number of fused-ring (bicyclic) bond motifs is 1. The summed E-state index contributed by atoms with van der Waals surface area (Å²) >= 11 is 0. The van der Waals surface area contributed by atoms with Crippen molar-refractivity contribution in [1.82, 2.24) is 10.3 Å². The Morgan fingerprint density at radius 1 is 1.18 bits per heavy atom. The Balaban J connectivity index is 1.81. The summed E-state index contributed by atoms with van der Waals surface area (Å²) in [5.41, 5.74) is 3.24. The van der Waals surface area contributed by atoms with Crippen LogP contribution in [0.2, 0.25) is 0 Å². The van der Waals surface area contributed by atoms with E-state index >= 15 is 4.39 Å². The summed E-state index contributed by atoms with van der Waals surface area (Å²) < 4.78 is 26.3. The average molecular weight is 471 g/mol. The van der Waals surface area contributed by atoms with Crippen LogP contribution in [0, 0.1) is 5.82 Å². The standard InChI is InChI=1S/C25H31FN4O4/c1-15-13-19-20(14-21(33-3)24(34-4)22(19)26)23(28-30(15)25(32)27-2)16-5-7-17(8-6-16)29-11-9-18(31)10-12-29/h5-8,14-15,18,31H,9-13H2,1-4H3,(H,27,32)/t15-/m0/s1. The molecule has 34 heavy (non-hydrogen) atoms. The first-order valence-electron chi connectivity index (χ1n) is 11.4. The van der Waals surface area contributed by atoms with Gasteiger partial charge in [-0.3, -0.25) is 0 Å². The number of hydrogen-bond donors (Lipinski definition) is 2. The fraction of sp³-hybridized carbons (Fsp3) is 0.440. The van der Waals surface area contributed by atoms with Crippen LogP contribution >= 0.6 is 0 Å². The lowest BCUT2D eigenvalue weighted by atomic mass is 9.93. The maximum absolute atomic E-state index is 15.6. The molecule has 2 aliphatic heterocycles. The smallest absolute Gasteiger partial charge is 0.337 e. The molecular formula is C25H31FN4O4. The van der Waals surface area contributed by atoms with E-state index in [2.05, 4.69) is 10.2 Å². The van der Waals surface area contributed by atoms with Gasteiger partial charge in [-0.1, -0.05) is 12.1 Å². The number of anilines is 1. The Hall–Kier alpha value is -3.33. The van der Waals surface area contributed by atoms with Gasteiger partial charge in [-0.15, -0.1) is 0 Å². The van der Waals surface area contributed by atoms with E-state index < -0.39 is 5.82 Å². The van der Waals surface area contributed by atoms with E-state index in [4.69, 9.17) is 14.6 Å². The first-order chi connectivity index (χ1) is 16.4. The van der Waals surface area contributed by atoms with Crippen molar-refractivity contribution >= 4 is 17.4 Å². The van der Waals surface area contributed by atoms with E-state index in [0.717, 1.165) is 37.2 Å². The predicted molar refractivity (Wildman–Crippen MR) is 128 cm³/mol. The number of carbonyl (C=O) groups excluding carboxylic acids is 1. The Bertz CT molecular complexity index is 1080. The van der Waals surface area contributed by atoms with Gasteiger partial charge in [0.2, 0.25) is 0 Å². The Morgan fingerprint density at radius 3 is 2.44 bits per heavy atom. The van der Waals surface area contributed by atoms with Gasteiger partial charge < -0.3 is 24.8 Å². The fourth-order valence-electron chi connectivity index (χ4n) is 4.57. The molecule has 0 spiro atoms. The highest BCUT2D eigenvalue weighted by Crippen LogP contribution is 2.38. The van der Waals surface area contributed by atoms with Crippen LogP contribution in [0.3, 0.4) is 0 Å². The van der Waals surface area contributed by atoms with Gasteiger partial charge in [0.15, 0.2) is 17.3 Å². The topological polar surface area (TPSA) is 86.6 Å². The maximum Gasteiger partial charge on any atom is 0.337 e. The van der Waals surface area contributed by atoms with Crippen LogP contribution in [0.15, 0.2) is 35.4 Å². The lowest BCUT2D eigenvalue weighted by Gasteiger charge is -2.31. The number of aliphatic hydroxyl groups is 1. The molecule has 2 heterocycles. The molecule has 8 nitrogen and oxygen atoms in total. The van der Waals surface area contributed by atoms with E-state index in [0.29, 0.717) is 16.8 Å². The van der Waals surface area contributed by atoms with Crippen molar-refractivity contribution in [2.24, 2.45) is 5.10 Å². The molecule has 0 saturated carbocycles. The number of rotatable bonds is 4. The molecule has 2 aromatic carbocycles. The molecule has 4 rings (SSSR count). The number of nitrogens with one attached hydrogen (secondary N) is 1. The van der Waals surface area contributed by atoms with Crippen LogP contribution in [-0.4, -0.2) is 68.4 Å². The minimum absolute atomic E-state index is 0.0313. The van der Waals surface area contributed by atoms with Gasteiger partial charge in [-0.2, -0.15) is 5.10 Å². The van der Waals surface area contributed by atoms with Crippen molar-refractivity contribution in [3.63, 3.8) is 0 Å². The average Bonchev–Trinajstić information content (AvgIpc) is 3.00. The van der Waals surface area contributed by atoms with Crippen LogP contribution in [-0.2, 0) is 6.42 Å². The third-order valence-corrected chi connectivity index (χ3v) is 6.48. The van der Waals surface area contributed by atoms with Crippen LogP contribution in [0.5, 0.6) is 11.5 Å². The Morgan fingerprint density at radius 2 is 1.85 bits per heavy atom. The lowest BCUT2D eigenvalue weighted by molar-refractivity contribution is 0.145.